The van der Waals surface area contributed by atoms with Crippen LogP contribution < -0.4 is 5.73 Å². The molecule has 2 rings (SSSR count). The Morgan fingerprint density at radius 3 is 2.62 bits per heavy atom. The zero-order valence-corrected chi connectivity index (χ0v) is 10.4. The van der Waals surface area contributed by atoms with Crippen LogP contribution in [-0.4, -0.2) is 24.5 Å². The monoisotopic (exact) mass is 218 g/mol. The van der Waals surface area contributed by atoms with Crippen LogP contribution in [0.4, 0.5) is 0 Å². The number of hydrogen-bond acceptors (Lipinski definition) is 2. The molecule has 1 aliphatic heterocycles. The van der Waals surface area contributed by atoms with Crippen molar-refractivity contribution < 1.29 is 0 Å². The molecule has 1 aromatic rings. The summed E-state index contributed by atoms with van der Waals surface area (Å²) in [5.74, 6) is 0. The van der Waals surface area contributed by atoms with Crippen molar-refractivity contribution in [3.8, 4) is 0 Å². The number of benzene rings is 1. The summed E-state index contributed by atoms with van der Waals surface area (Å²) in [6, 6.07) is 8.77. The Morgan fingerprint density at radius 2 is 1.94 bits per heavy atom. The summed E-state index contributed by atoms with van der Waals surface area (Å²) < 4.78 is 0. The van der Waals surface area contributed by atoms with Gasteiger partial charge in [-0.15, -0.1) is 0 Å². The minimum Gasteiger partial charge on any atom is -0.330 e. The summed E-state index contributed by atoms with van der Waals surface area (Å²) in [5, 5.41) is 0. The number of nitrogens with two attached hydrogens (primary N) is 1. The van der Waals surface area contributed by atoms with Crippen LogP contribution in [0.2, 0.25) is 0 Å². The van der Waals surface area contributed by atoms with Crippen molar-refractivity contribution in [3.63, 3.8) is 0 Å². The summed E-state index contributed by atoms with van der Waals surface area (Å²) in [6.45, 7) is 8.59. The molecule has 0 unspecified atom stereocenters. The van der Waals surface area contributed by atoms with E-state index < -0.39 is 0 Å². The molecule has 2 heteroatoms. The van der Waals surface area contributed by atoms with Gasteiger partial charge in [0.2, 0.25) is 0 Å². The van der Waals surface area contributed by atoms with Crippen molar-refractivity contribution >= 4 is 0 Å². The molecule has 0 aliphatic carbocycles. The van der Waals surface area contributed by atoms with Crippen LogP contribution in [-0.2, 0) is 13.0 Å². The molecule has 0 fully saturated rings. The molecule has 0 spiro atoms. The third-order valence-electron chi connectivity index (χ3n) is 3.41. The highest BCUT2D eigenvalue weighted by Gasteiger charge is 2.23. The summed E-state index contributed by atoms with van der Waals surface area (Å²) in [7, 11) is 0. The van der Waals surface area contributed by atoms with Gasteiger partial charge in [-0.05, 0) is 29.5 Å². The lowest BCUT2D eigenvalue weighted by molar-refractivity contribution is 0.169. The normalized spacial score (nSPS) is 17.2. The van der Waals surface area contributed by atoms with Gasteiger partial charge in [-0.2, -0.15) is 0 Å². The first kappa shape index (κ1) is 11.6. The van der Waals surface area contributed by atoms with E-state index in [0.29, 0.717) is 0 Å². The van der Waals surface area contributed by atoms with E-state index in [1.54, 1.807) is 0 Å². The number of fused-ring (bicyclic) bond motifs is 1. The standard InChI is InChI=1S/C14H22N2/c1-14(2,10-15)11-16-8-7-12-5-3-4-6-13(12)9-16/h3-6H,7-11,15H2,1-2H3. The minimum atomic E-state index is 0.228. The molecule has 88 valence electrons. The maximum atomic E-state index is 5.79. The highest BCUT2D eigenvalue weighted by molar-refractivity contribution is 5.29. The average molecular weight is 218 g/mol. The van der Waals surface area contributed by atoms with Crippen LogP contribution in [0.1, 0.15) is 25.0 Å². The number of hydrogen-bond donors (Lipinski definition) is 1. The second-order valence-corrected chi connectivity index (χ2v) is 5.60. The van der Waals surface area contributed by atoms with Crippen LogP contribution in [0.5, 0.6) is 0 Å². The van der Waals surface area contributed by atoms with Crippen LogP contribution in [0.25, 0.3) is 0 Å². The molecule has 0 bridgehead atoms. The van der Waals surface area contributed by atoms with E-state index in [1.807, 2.05) is 0 Å². The maximum Gasteiger partial charge on any atom is 0.0236 e. The summed E-state index contributed by atoms with van der Waals surface area (Å²) in [4.78, 5) is 2.52. The molecule has 0 amide bonds. The SMILES string of the molecule is CC(C)(CN)CN1CCc2ccccc2C1. The molecule has 0 atom stereocenters. The van der Waals surface area contributed by atoms with Gasteiger partial charge in [-0.25, -0.2) is 0 Å². The molecule has 16 heavy (non-hydrogen) atoms. The zero-order valence-electron chi connectivity index (χ0n) is 10.4. The topological polar surface area (TPSA) is 29.3 Å². The molecule has 0 aromatic heterocycles. The Morgan fingerprint density at radius 1 is 1.25 bits per heavy atom. The van der Waals surface area contributed by atoms with E-state index in [4.69, 9.17) is 5.73 Å². The van der Waals surface area contributed by atoms with Crippen LogP contribution in [0.15, 0.2) is 24.3 Å². The summed E-state index contributed by atoms with van der Waals surface area (Å²) in [6.07, 6.45) is 1.18. The van der Waals surface area contributed by atoms with Crippen molar-refractivity contribution in [1.82, 2.24) is 4.90 Å². The molecule has 0 radical (unpaired) electrons. The van der Waals surface area contributed by atoms with Gasteiger partial charge in [0, 0.05) is 19.6 Å². The Hall–Kier alpha value is -0.860. The summed E-state index contributed by atoms with van der Waals surface area (Å²) >= 11 is 0. The van der Waals surface area contributed by atoms with Crippen molar-refractivity contribution in [2.24, 2.45) is 11.1 Å². The Bertz CT molecular complexity index is 358. The molecule has 0 saturated carbocycles. The summed E-state index contributed by atoms with van der Waals surface area (Å²) in [5.41, 5.74) is 9.03. The molecular formula is C14H22N2. The highest BCUT2D eigenvalue weighted by Crippen LogP contribution is 2.22. The molecule has 1 heterocycles. The predicted octanol–water partition coefficient (Wildman–Crippen LogP) is 2.03. The van der Waals surface area contributed by atoms with Gasteiger partial charge in [-0.3, -0.25) is 4.90 Å². The smallest absolute Gasteiger partial charge is 0.0236 e. The van der Waals surface area contributed by atoms with Crippen molar-refractivity contribution in [2.75, 3.05) is 19.6 Å². The van der Waals surface area contributed by atoms with Gasteiger partial charge in [-0.1, -0.05) is 38.1 Å². The zero-order chi connectivity index (χ0) is 11.6. The average Bonchev–Trinajstić information content (AvgIpc) is 2.28. The molecule has 1 aromatic carbocycles. The molecule has 2 N–H and O–H groups in total. The first-order valence-electron chi connectivity index (χ1n) is 6.10. The molecule has 2 nitrogen and oxygen atoms in total. The van der Waals surface area contributed by atoms with E-state index >= 15 is 0 Å². The van der Waals surface area contributed by atoms with Gasteiger partial charge < -0.3 is 5.73 Å². The number of nitrogens with zero attached hydrogens (tertiary/aromatic N) is 1. The third kappa shape index (κ3) is 2.63. The predicted molar refractivity (Wildman–Crippen MR) is 68.3 cm³/mol. The second-order valence-electron chi connectivity index (χ2n) is 5.60. The van der Waals surface area contributed by atoms with Crippen LogP contribution >= 0.6 is 0 Å². The van der Waals surface area contributed by atoms with Crippen molar-refractivity contribution in [3.05, 3.63) is 35.4 Å². The van der Waals surface area contributed by atoms with E-state index in [0.717, 1.165) is 19.6 Å². The van der Waals surface area contributed by atoms with Gasteiger partial charge in [0.15, 0.2) is 0 Å². The van der Waals surface area contributed by atoms with Crippen LogP contribution in [0.3, 0.4) is 0 Å². The van der Waals surface area contributed by atoms with E-state index in [2.05, 4.69) is 43.0 Å². The second kappa shape index (κ2) is 4.56. The molecule has 1 aliphatic rings. The van der Waals surface area contributed by atoms with Gasteiger partial charge in [0.05, 0.1) is 0 Å². The Balaban J connectivity index is 2.03. The number of rotatable bonds is 3. The first-order valence-corrected chi connectivity index (χ1v) is 6.10. The highest BCUT2D eigenvalue weighted by atomic mass is 15.1. The molecule has 0 saturated heterocycles. The van der Waals surface area contributed by atoms with Crippen LogP contribution in [0, 0.1) is 5.41 Å². The molecular weight excluding hydrogens is 196 g/mol. The fourth-order valence-corrected chi connectivity index (χ4v) is 2.36. The third-order valence-corrected chi connectivity index (χ3v) is 3.41. The lowest BCUT2D eigenvalue weighted by Gasteiger charge is -2.35. The largest absolute Gasteiger partial charge is 0.330 e. The minimum absolute atomic E-state index is 0.228. The van der Waals surface area contributed by atoms with Gasteiger partial charge in [0.25, 0.3) is 0 Å². The quantitative estimate of drug-likeness (QED) is 0.841. The van der Waals surface area contributed by atoms with Crippen molar-refractivity contribution in [2.45, 2.75) is 26.8 Å². The maximum absolute atomic E-state index is 5.79. The fraction of sp³-hybridized carbons (Fsp3) is 0.571. The van der Waals surface area contributed by atoms with E-state index in [9.17, 15) is 0 Å². The van der Waals surface area contributed by atoms with E-state index in [-0.39, 0.29) is 5.41 Å². The Labute approximate surface area is 98.4 Å². The van der Waals surface area contributed by atoms with Gasteiger partial charge in [0.1, 0.15) is 0 Å². The lowest BCUT2D eigenvalue weighted by Crippen LogP contribution is -2.41. The van der Waals surface area contributed by atoms with E-state index in [1.165, 1.54) is 24.1 Å². The van der Waals surface area contributed by atoms with Gasteiger partial charge >= 0.3 is 0 Å². The lowest BCUT2D eigenvalue weighted by atomic mass is 9.91. The first-order chi connectivity index (χ1) is 7.61. The van der Waals surface area contributed by atoms with Crippen molar-refractivity contribution in [1.29, 1.82) is 0 Å². The Kier molecular flexibility index (Phi) is 3.31. The fourth-order valence-electron chi connectivity index (χ4n) is 2.36.